The van der Waals surface area contributed by atoms with Crippen LogP contribution in [0.3, 0.4) is 0 Å². The fourth-order valence-electron chi connectivity index (χ4n) is 12.6. The van der Waals surface area contributed by atoms with E-state index in [4.69, 9.17) is 11.5 Å². The number of pyridine rings is 6. The third kappa shape index (κ3) is 18.8. The number of hydrogen-bond acceptors (Lipinski definition) is 17. The zero-order chi connectivity index (χ0) is 84.8. The van der Waals surface area contributed by atoms with Crippen molar-refractivity contribution in [1.29, 1.82) is 10.5 Å². The summed E-state index contributed by atoms with van der Waals surface area (Å²) in [5.74, 6) is -0.251. The fourth-order valence-corrected chi connectivity index (χ4v) is 12.6. The van der Waals surface area contributed by atoms with Crippen LogP contribution in [0.5, 0.6) is 5.75 Å². The van der Waals surface area contributed by atoms with Gasteiger partial charge in [-0.3, -0.25) is 9.13 Å². The molecule has 10 aromatic heterocycles. The molecule has 0 unspecified atom stereocenters. The van der Waals surface area contributed by atoms with Crippen molar-refractivity contribution in [2.75, 3.05) is 32.7 Å². The predicted octanol–water partition coefficient (Wildman–Crippen LogP) is 21.3. The predicted molar refractivity (Wildman–Crippen MR) is 421 cm³/mol. The molecule has 0 aliphatic rings. The van der Waals surface area contributed by atoms with E-state index in [1.807, 2.05) is 98.4 Å². The maximum absolute atomic E-state index is 14.6. The molecular weight excluding hydrogens is 1570 g/mol. The molecule has 6 aromatic carbocycles. The highest BCUT2D eigenvalue weighted by molar-refractivity contribution is 5.85. The molecule has 0 saturated heterocycles. The van der Waals surface area contributed by atoms with Crippen LogP contribution in [0, 0.1) is 54.0 Å². The number of para-hydroxylation sites is 2. The topological polar surface area (TPSA) is 279 Å². The van der Waals surface area contributed by atoms with Crippen molar-refractivity contribution in [1.82, 2.24) is 58.3 Å². The molecule has 35 heteroatoms. The molecule has 0 atom stereocenters. The van der Waals surface area contributed by atoms with E-state index in [0.29, 0.717) is 87.2 Å². The van der Waals surface area contributed by atoms with Crippen molar-refractivity contribution < 1.29 is 66.2 Å². The van der Waals surface area contributed by atoms with Crippen LogP contribution in [-0.4, -0.2) is 64.9 Å². The standard InChI is InChI=1S/C21H15F6N5.C21H14F3N5.C21H18F3N5.C21H15F2N5O/c1-2-17-30-15-7-12(22)13(23)8-16(15)32(17)18-9-14(28)19(24)20(31-18)29-11-5-3-10(4-6-11)21(25,26)27;1-13-20(18-4-2-3-9-29(18)28-13)17-10-14(12-25)11-19(27-17)26-16-7-5-15(6-8-16)21(22,23)24;1-2-19-27-16-5-3-4-6-17(16)29(19)20-12-14(25)11-18(28-20)26-15-9-7-13(8-10-15)21(22,23)24;1-13-20(18-4-2-3-9-28(18)27-13)17-10-14(12-24)11-19(26-17)25-15-5-7-16(8-6-15)29-21(22)23/h3-9H,2H2,1H3,(H3,28,29,31);2-11H,1H3,(H,26,27);3-12H,2H2,1H3,(H3,25,26,28);2-11,21H,1H3,(H,25,26). The van der Waals surface area contributed by atoms with Gasteiger partial charge in [0.2, 0.25) is 0 Å². The number of aryl methyl sites for hydroxylation is 4. The Balaban J connectivity index is 0.000000137. The SMILES string of the molecule is CCc1nc2cc(F)c(F)cc2n1-c1cc(N)c(F)c(Nc2ccc(C(F)(F)F)cc2)n1.CCc1nc2ccccc2n1-c1cc(N)cc(Nc2ccc(C(F)(F)F)cc2)n1.Cc1nn2ccccc2c1-c1cc(C#N)cc(Nc2ccc(C(F)(F)F)cc2)n1.Cc1nn2ccccc2c1-c1cc(C#N)cc(Nc2ccc(OC(F)F)cc2)n1. The van der Waals surface area contributed by atoms with Crippen molar-refractivity contribution in [3.63, 3.8) is 0 Å². The molecule has 119 heavy (non-hydrogen) atoms. The van der Waals surface area contributed by atoms with Crippen LogP contribution >= 0.6 is 0 Å². The van der Waals surface area contributed by atoms with Crippen molar-refractivity contribution in [3.8, 4) is 52.0 Å². The number of nitrogens with one attached hydrogen (secondary N) is 4. The number of nitrogens with zero attached hydrogens (tertiary/aromatic N) is 14. The van der Waals surface area contributed by atoms with E-state index in [1.165, 1.54) is 47.0 Å². The van der Waals surface area contributed by atoms with E-state index in [2.05, 4.69) is 78.2 Å². The van der Waals surface area contributed by atoms with Gasteiger partial charge in [-0.1, -0.05) is 38.1 Å². The van der Waals surface area contributed by atoms with E-state index in [0.717, 1.165) is 111 Å². The van der Waals surface area contributed by atoms with E-state index in [-0.39, 0.29) is 39.8 Å². The largest absolute Gasteiger partial charge is 0.435 e. The third-order valence-electron chi connectivity index (χ3n) is 17.9. The molecule has 0 aliphatic heterocycles. The Morgan fingerprint density at radius 2 is 0.849 bits per heavy atom. The number of benzene rings is 6. The van der Waals surface area contributed by atoms with Crippen LogP contribution < -0.4 is 37.5 Å². The maximum atomic E-state index is 14.6. The average molecular weight is 1630 g/mol. The third-order valence-corrected chi connectivity index (χ3v) is 17.9. The first kappa shape index (κ1) is 81.8. The second kappa shape index (κ2) is 34.1. The van der Waals surface area contributed by atoms with E-state index >= 15 is 0 Å². The first-order chi connectivity index (χ1) is 56.8. The Bertz CT molecular complexity index is 6490. The molecular formula is C84H62F14N20O. The normalized spacial score (nSPS) is 11.5. The molecule has 8 N–H and O–H groups in total. The number of aromatic nitrogens is 12. The van der Waals surface area contributed by atoms with E-state index in [9.17, 15) is 72.0 Å². The highest BCUT2D eigenvalue weighted by Crippen LogP contribution is 2.38. The lowest BCUT2D eigenvalue weighted by atomic mass is 10.1. The highest BCUT2D eigenvalue weighted by Gasteiger charge is 2.33. The van der Waals surface area contributed by atoms with Gasteiger partial charge in [-0.2, -0.15) is 69.0 Å². The van der Waals surface area contributed by atoms with Gasteiger partial charge in [0.1, 0.15) is 46.5 Å². The minimum atomic E-state index is -4.51. The molecule has 0 fully saturated rings. The minimum Gasteiger partial charge on any atom is -0.435 e. The summed E-state index contributed by atoms with van der Waals surface area (Å²) < 4.78 is 193. The summed E-state index contributed by atoms with van der Waals surface area (Å²) in [7, 11) is 0. The Kier molecular flexibility index (Phi) is 23.5. The summed E-state index contributed by atoms with van der Waals surface area (Å²) in [6.45, 7) is 4.63. The van der Waals surface area contributed by atoms with Gasteiger partial charge in [0, 0.05) is 95.1 Å². The van der Waals surface area contributed by atoms with Gasteiger partial charge in [-0.25, -0.2) is 52.1 Å². The first-order valence-corrected chi connectivity index (χ1v) is 35.8. The van der Waals surface area contributed by atoms with Crippen LogP contribution in [0.4, 0.5) is 119 Å². The number of alkyl halides is 11. The molecule has 0 aliphatic carbocycles. The summed E-state index contributed by atoms with van der Waals surface area (Å²) in [6, 6.07) is 55.7. The first-order valence-electron chi connectivity index (χ1n) is 35.8. The Hall–Kier alpha value is -15.2. The summed E-state index contributed by atoms with van der Waals surface area (Å²) in [4.78, 5) is 26.9. The van der Waals surface area contributed by atoms with Crippen LogP contribution in [-0.2, 0) is 31.4 Å². The zero-order valence-corrected chi connectivity index (χ0v) is 62.5. The van der Waals surface area contributed by atoms with Gasteiger partial charge >= 0.3 is 25.1 Å². The summed E-state index contributed by atoms with van der Waals surface area (Å²) >= 11 is 0. The maximum Gasteiger partial charge on any atom is 0.416 e. The molecule has 10 heterocycles. The number of nitrogens with two attached hydrogens (primary N) is 2. The fraction of sp³-hybridized carbons (Fsp3) is 0.119. The van der Waals surface area contributed by atoms with Gasteiger partial charge in [0.25, 0.3) is 0 Å². The second-order valence-corrected chi connectivity index (χ2v) is 26.1. The van der Waals surface area contributed by atoms with Crippen molar-refractivity contribution in [3.05, 3.63) is 293 Å². The number of hydrogen-bond donors (Lipinski definition) is 6. The van der Waals surface area contributed by atoms with Gasteiger partial charge < -0.3 is 37.5 Å². The smallest absolute Gasteiger partial charge is 0.416 e. The molecule has 0 bridgehead atoms. The lowest BCUT2D eigenvalue weighted by Crippen LogP contribution is -2.09. The molecule has 16 rings (SSSR count). The van der Waals surface area contributed by atoms with Gasteiger partial charge in [0.15, 0.2) is 23.3 Å². The number of nitriles is 2. The average Bonchev–Trinajstić information content (AvgIpc) is 1.63. The number of nitrogen functional groups attached to an aromatic ring is 2. The molecule has 0 saturated carbocycles. The summed E-state index contributed by atoms with van der Waals surface area (Å²) in [5, 5.41) is 39.5. The van der Waals surface area contributed by atoms with Gasteiger partial charge in [-0.15, -0.1) is 0 Å². The molecule has 0 amide bonds. The van der Waals surface area contributed by atoms with Crippen LogP contribution in [0.1, 0.15) is 64.7 Å². The number of ether oxygens (including phenoxy) is 1. The van der Waals surface area contributed by atoms with E-state index in [1.54, 1.807) is 64.5 Å². The van der Waals surface area contributed by atoms with E-state index < -0.39 is 59.3 Å². The molecule has 602 valence electrons. The van der Waals surface area contributed by atoms with Crippen LogP contribution in [0.25, 0.3) is 67.3 Å². The Labute approximate surface area is 666 Å². The van der Waals surface area contributed by atoms with Crippen LogP contribution in [0.15, 0.2) is 225 Å². The highest BCUT2D eigenvalue weighted by atomic mass is 19.4. The lowest BCUT2D eigenvalue weighted by Gasteiger charge is -2.14. The number of halogens is 14. The molecule has 0 spiro atoms. The monoisotopic (exact) mass is 1630 g/mol. The zero-order valence-electron chi connectivity index (χ0n) is 62.5. The summed E-state index contributed by atoms with van der Waals surface area (Å²) in [5.41, 5.74) is 20.4. The minimum absolute atomic E-state index is 0.0620. The molecule has 16 aromatic rings. The van der Waals surface area contributed by atoms with Crippen molar-refractivity contribution >= 4 is 90.5 Å². The van der Waals surface area contributed by atoms with Crippen molar-refractivity contribution in [2.45, 2.75) is 65.7 Å². The number of rotatable bonds is 16. The molecule has 21 nitrogen and oxygen atoms in total. The number of fused-ring (bicyclic) bond motifs is 4. The van der Waals surface area contributed by atoms with Crippen LogP contribution in [0.2, 0.25) is 0 Å². The lowest BCUT2D eigenvalue weighted by molar-refractivity contribution is -0.138. The van der Waals surface area contributed by atoms with Gasteiger partial charge in [-0.05, 0) is 172 Å². The Morgan fingerprint density at radius 1 is 0.437 bits per heavy atom. The quantitative estimate of drug-likeness (QED) is 0.0490. The molecule has 0 radical (unpaired) electrons. The number of imidazole rings is 2. The van der Waals surface area contributed by atoms with Crippen molar-refractivity contribution in [2.24, 2.45) is 0 Å². The van der Waals surface area contributed by atoms with Gasteiger partial charge in [0.05, 0.1) is 102 Å². The number of anilines is 10. The summed E-state index contributed by atoms with van der Waals surface area (Å²) in [6.07, 6.45) is -8.55. The Morgan fingerprint density at radius 3 is 1.31 bits per heavy atom. The second-order valence-electron chi connectivity index (χ2n) is 26.1.